The first kappa shape index (κ1) is 20.6. The molecular formula is C19H28BN3O5. The molecule has 2 aliphatic heterocycles. The smallest absolute Gasteiger partial charge is 0.534 e. The van der Waals surface area contributed by atoms with Crippen LogP contribution in [-0.2, 0) is 11.2 Å². The Kier molecular flexibility index (Phi) is 6.93. The Morgan fingerprint density at radius 1 is 1.32 bits per heavy atom. The van der Waals surface area contributed by atoms with Crippen molar-refractivity contribution in [1.29, 1.82) is 0 Å². The van der Waals surface area contributed by atoms with Crippen LogP contribution < -0.4 is 15.7 Å². The summed E-state index contributed by atoms with van der Waals surface area (Å²) in [6, 6.07) is 4.83. The van der Waals surface area contributed by atoms with Gasteiger partial charge in [-0.2, -0.15) is 0 Å². The molecule has 1 aromatic rings. The van der Waals surface area contributed by atoms with Crippen molar-refractivity contribution in [3.05, 3.63) is 29.3 Å². The highest BCUT2D eigenvalue weighted by atomic mass is 16.5. The van der Waals surface area contributed by atoms with E-state index in [-0.39, 0.29) is 17.2 Å². The number of carbonyl (C=O) groups excluding carboxylic acids is 1. The van der Waals surface area contributed by atoms with Gasteiger partial charge in [-0.25, -0.2) is 4.79 Å². The van der Waals surface area contributed by atoms with Crippen LogP contribution in [0.5, 0.6) is 5.75 Å². The number of nitrogens with two attached hydrogens (primary N) is 1. The number of carboxylic acid groups (broad SMARTS) is 1. The van der Waals surface area contributed by atoms with Gasteiger partial charge in [-0.05, 0) is 56.3 Å². The predicted octanol–water partition coefficient (Wildman–Crippen LogP) is 0.275. The van der Waals surface area contributed by atoms with Crippen LogP contribution in [0.15, 0.2) is 18.2 Å². The van der Waals surface area contributed by atoms with E-state index in [0.717, 1.165) is 38.9 Å². The number of nitrogens with zero attached hydrogens (tertiary/aromatic N) is 1. The van der Waals surface area contributed by atoms with Crippen LogP contribution >= 0.6 is 0 Å². The number of para-hydroxylation sites is 1. The van der Waals surface area contributed by atoms with Gasteiger partial charge in [-0.3, -0.25) is 4.79 Å². The second kappa shape index (κ2) is 9.40. The molecule has 0 aromatic heterocycles. The maximum absolute atomic E-state index is 12.4. The Morgan fingerprint density at radius 2 is 2.07 bits per heavy atom. The SMILES string of the molecule is NCCN1CCC(CCC(=O)N[C@H]2Cc3cccc(C(=O)O)c3OB2O)CC1. The number of likely N-dealkylation sites (tertiary alicyclic amines) is 1. The minimum absolute atomic E-state index is 0.0160. The first-order valence-electron chi connectivity index (χ1n) is 9.89. The van der Waals surface area contributed by atoms with Gasteiger partial charge in [-0.1, -0.05) is 12.1 Å². The molecule has 0 aliphatic carbocycles. The van der Waals surface area contributed by atoms with E-state index < -0.39 is 19.0 Å². The highest BCUT2D eigenvalue weighted by Gasteiger charge is 2.37. The van der Waals surface area contributed by atoms with Crippen molar-refractivity contribution >= 4 is 19.0 Å². The van der Waals surface area contributed by atoms with E-state index in [1.165, 1.54) is 6.07 Å². The molecule has 1 saturated heterocycles. The second-order valence-corrected chi connectivity index (χ2v) is 7.60. The lowest BCUT2D eigenvalue weighted by atomic mass is 9.72. The van der Waals surface area contributed by atoms with Crippen molar-refractivity contribution in [2.24, 2.45) is 11.7 Å². The summed E-state index contributed by atoms with van der Waals surface area (Å²) in [4.78, 5) is 26.0. The summed E-state index contributed by atoms with van der Waals surface area (Å²) in [5, 5.41) is 22.3. The summed E-state index contributed by atoms with van der Waals surface area (Å²) in [6.45, 7) is 3.66. The average molecular weight is 389 g/mol. The maximum atomic E-state index is 12.4. The molecule has 28 heavy (non-hydrogen) atoms. The lowest BCUT2D eigenvalue weighted by Gasteiger charge is -2.32. The van der Waals surface area contributed by atoms with E-state index >= 15 is 0 Å². The van der Waals surface area contributed by atoms with Crippen LogP contribution in [0.25, 0.3) is 0 Å². The van der Waals surface area contributed by atoms with E-state index in [1.807, 2.05) is 0 Å². The lowest BCUT2D eigenvalue weighted by molar-refractivity contribution is -0.121. The number of benzene rings is 1. The Labute approximate surface area is 165 Å². The van der Waals surface area contributed by atoms with Crippen LogP contribution in [0.2, 0.25) is 0 Å². The molecule has 2 heterocycles. The summed E-state index contributed by atoms with van der Waals surface area (Å²) in [6.07, 6.45) is 3.72. The third-order valence-corrected chi connectivity index (χ3v) is 5.63. The maximum Gasteiger partial charge on any atom is 0.547 e. The molecule has 152 valence electrons. The van der Waals surface area contributed by atoms with Gasteiger partial charge in [0.2, 0.25) is 5.91 Å². The van der Waals surface area contributed by atoms with Gasteiger partial charge in [0.25, 0.3) is 0 Å². The Bertz CT molecular complexity index is 709. The molecule has 5 N–H and O–H groups in total. The van der Waals surface area contributed by atoms with Crippen LogP contribution in [0.4, 0.5) is 0 Å². The molecule has 0 unspecified atom stereocenters. The van der Waals surface area contributed by atoms with Crippen molar-refractivity contribution in [1.82, 2.24) is 10.2 Å². The van der Waals surface area contributed by atoms with Crippen LogP contribution in [-0.4, -0.2) is 66.1 Å². The van der Waals surface area contributed by atoms with Crippen LogP contribution in [0, 0.1) is 5.92 Å². The number of hydrogen-bond donors (Lipinski definition) is 4. The molecule has 9 heteroatoms. The van der Waals surface area contributed by atoms with Gasteiger partial charge in [0.15, 0.2) is 0 Å². The highest BCUT2D eigenvalue weighted by Crippen LogP contribution is 2.30. The van der Waals surface area contributed by atoms with E-state index in [9.17, 15) is 19.7 Å². The Balaban J connectivity index is 1.48. The largest absolute Gasteiger partial charge is 0.547 e. The number of hydrogen-bond acceptors (Lipinski definition) is 6. The number of rotatable bonds is 7. The number of fused-ring (bicyclic) bond motifs is 1. The van der Waals surface area contributed by atoms with Crippen molar-refractivity contribution in [3.8, 4) is 5.75 Å². The van der Waals surface area contributed by atoms with E-state index in [2.05, 4.69) is 10.2 Å². The fourth-order valence-electron chi connectivity index (χ4n) is 4.01. The van der Waals surface area contributed by atoms with Gasteiger partial charge < -0.3 is 30.7 Å². The first-order valence-corrected chi connectivity index (χ1v) is 9.89. The highest BCUT2D eigenvalue weighted by molar-refractivity contribution is 6.47. The summed E-state index contributed by atoms with van der Waals surface area (Å²) in [5.41, 5.74) is 6.28. The van der Waals surface area contributed by atoms with E-state index in [1.54, 1.807) is 12.1 Å². The molecule has 0 radical (unpaired) electrons. The summed E-state index contributed by atoms with van der Waals surface area (Å²) >= 11 is 0. The van der Waals surface area contributed by atoms with Gasteiger partial charge in [0.1, 0.15) is 5.75 Å². The Morgan fingerprint density at radius 3 is 2.75 bits per heavy atom. The normalized spacial score (nSPS) is 20.4. The first-order chi connectivity index (χ1) is 13.5. The molecule has 2 aliphatic rings. The molecule has 1 aromatic carbocycles. The molecule has 3 rings (SSSR count). The topological polar surface area (TPSA) is 125 Å². The Hall–Kier alpha value is -2.10. The van der Waals surface area contributed by atoms with Crippen LogP contribution in [0.3, 0.4) is 0 Å². The number of piperidine rings is 1. The number of carbonyl (C=O) groups is 2. The molecule has 0 spiro atoms. The van der Waals surface area contributed by atoms with Gasteiger partial charge in [0.05, 0.1) is 11.5 Å². The number of amides is 1. The fraction of sp³-hybridized carbons (Fsp3) is 0.579. The fourth-order valence-corrected chi connectivity index (χ4v) is 4.01. The zero-order valence-corrected chi connectivity index (χ0v) is 16.0. The quantitative estimate of drug-likeness (QED) is 0.494. The monoisotopic (exact) mass is 389 g/mol. The summed E-state index contributed by atoms with van der Waals surface area (Å²) in [7, 11) is -1.27. The van der Waals surface area contributed by atoms with Gasteiger partial charge in [0, 0.05) is 19.5 Å². The molecule has 1 fully saturated rings. The van der Waals surface area contributed by atoms with Gasteiger partial charge in [-0.15, -0.1) is 0 Å². The van der Waals surface area contributed by atoms with Crippen molar-refractivity contribution in [3.63, 3.8) is 0 Å². The molecule has 8 nitrogen and oxygen atoms in total. The zero-order chi connectivity index (χ0) is 20.1. The minimum atomic E-state index is -1.27. The van der Waals surface area contributed by atoms with Crippen molar-refractivity contribution in [2.75, 3.05) is 26.2 Å². The van der Waals surface area contributed by atoms with Gasteiger partial charge >= 0.3 is 13.1 Å². The second-order valence-electron chi connectivity index (χ2n) is 7.60. The molecular weight excluding hydrogens is 361 g/mol. The van der Waals surface area contributed by atoms with Crippen molar-refractivity contribution < 1.29 is 24.4 Å². The number of nitrogens with one attached hydrogen (secondary N) is 1. The van der Waals surface area contributed by atoms with Crippen LogP contribution in [0.1, 0.15) is 41.6 Å². The molecule has 1 amide bonds. The minimum Gasteiger partial charge on any atom is -0.534 e. The lowest BCUT2D eigenvalue weighted by Crippen LogP contribution is -2.53. The predicted molar refractivity (Wildman–Crippen MR) is 105 cm³/mol. The summed E-state index contributed by atoms with van der Waals surface area (Å²) in [5.74, 6) is -1.10. The van der Waals surface area contributed by atoms with Crippen molar-refractivity contribution in [2.45, 2.75) is 38.0 Å². The van der Waals surface area contributed by atoms with E-state index in [4.69, 9.17) is 10.4 Å². The molecule has 1 atom stereocenters. The number of carboxylic acids is 1. The third kappa shape index (κ3) is 5.04. The average Bonchev–Trinajstić information content (AvgIpc) is 2.68. The molecule has 0 bridgehead atoms. The zero-order valence-electron chi connectivity index (χ0n) is 16.0. The molecule has 0 saturated carbocycles. The van der Waals surface area contributed by atoms with E-state index in [0.29, 0.717) is 30.9 Å². The third-order valence-electron chi connectivity index (χ3n) is 5.63. The standard InChI is InChI=1S/C19H28BN3O5/c21-8-11-23-9-6-13(7-10-23)4-5-17(24)22-16-12-14-2-1-3-15(19(25)26)18(14)28-20(16)27/h1-3,13,16,27H,4-12,21H2,(H,22,24)(H,25,26)/t16-/m0/s1. The number of aromatic carboxylic acids is 1. The summed E-state index contributed by atoms with van der Waals surface area (Å²) < 4.78 is 5.41.